The van der Waals surface area contributed by atoms with Crippen molar-refractivity contribution in [3.63, 3.8) is 0 Å². The van der Waals surface area contributed by atoms with E-state index in [1.807, 2.05) is 6.07 Å². The highest BCUT2D eigenvalue weighted by Gasteiger charge is 2.30. The summed E-state index contributed by atoms with van der Waals surface area (Å²) in [5, 5.41) is 10.4. The predicted molar refractivity (Wildman–Crippen MR) is 118 cm³/mol. The lowest BCUT2D eigenvalue weighted by atomic mass is 10.0. The van der Waals surface area contributed by atoms with Crippen LogP contribution in [0.2, 0.25) is 5.02 Å². The molecule has 0 bridgehead atoms. The van der Waals surface area contributed by atoms with Gasteiger partial charge in [-0.15, -0.1) is 0 Å². The molecule has 158 valence electrons. The fourth-order valence-electron chi connectivity index (χ4n) is 3.85. The van der Waals surface area contributed by atoms with Crippen LogP contribution in [-0.2, 0) is 0 Å². The maximum absolute atomic E-state index is 13.0. The van der Waals surface area contributed by atoms with Crippen molar-refractivity contribution in [1.29, 1.82) is 0 Å². The molecular weight excluding hydrogens is 418 g/mol. The first kappa shape index (κ1) is 20.8. The molecule has 1 aliphatic rings. The molecule has 1 aromatic heterocycles. The minimum absolute atomic E-state index is 0.176. The Morgan fingerprint density at radius 2 is 1.97 bits per heavy atom. The standard InChI is InChI=1S/C23H20ClN3O4/c1-14-12-26(7-8-27(14)23(30)31)22(29)17-5-6-18-19(24)11-20(25-21(18)10-17)16-4-2-3-15(9-16)13-28/h2-6,9-11,13-14H,7-8,12H2,1H3,(H,30,31)/t14-/m1/s1. The monoisotopic (exact) mass is 437 g/mol. The molecule has 3 aromatic rings. The topological polar surface area (TPSA) is 90.8 Å². The van der Waals surface area contributed by atoms with E-state index in [-0.39, 0.29) is 18.5 Å². The van der Waals surface area contributed by atoms with Gasteiger partial charge in [0, 0.05) is 47.8 Å². The number of aromatic nitrogens is 1. The Bertz CT molecular complexity index is 1200. The van der Waals surface area contributed by atoms with Gasteiger partial charge in [0.2, 0.25) is 0 Å². The van der Waals surface area contributed by atoms with E-state index in [9.17, 15) is 19.5 Å². The molecule has 0 unspecified atom stereocenters. The third-order valence-electron chi connectivity index (χ3n) is 5.49. The lowest BCUT2D eigenvalue weighted by Gasteiger charge is -2.38. The van der Waals surface area contributed by atoms with Gasteiger partial charge in [0.05, 0.1) is 16.2 Å². The maximum Gasteiger partial charge on any atom is 0.407 e. The van der Waals surface area contributed by atoms with Gasteiger partial charge in [0.1, 0.15) is 6.29 Å². The molecule has 1 atom stereocenters. The Labute approximate surface area is 183 Å². The van der Waals surface area contributed by atoms with Crippen molar-refractivity contribution < 1.29 is 19.5 Å². The average molecular weight is 438 g/mol. The molecular formula is C23H20ClN3O4. The Kier molecular flexibility index (Phi) is 5.61. The number of carbonyl (C=O) groups excluding carboxylic acids is 2. The first-order chi connectivity index (χ1) is 14.9. The summed E-state index contributed by atoms with van der Waals surface area (Å²) in [4.78, 5) is 43.1. The third kappa shape index (κ3) is 4.09. The highest BCUT2D eigenvalue weighted by Crippen LogP contribution is 2.29. The quantitative estimate of drug-likeness (QED) is 0.620. The highest BCUT2D eigenvalue weighted by atomic mass is 35.5. The van der Waals surface area contributed by atoms with Gasteiger partial charge in [-0.3, -0.25) is 9.59 Å². The molecule has 0 aliphatic carbocycles. The van der Waals surface area contributed by atoms with Crippen molar-refractivity contribution in [1.82, 2.24) is 14.8 Å². The molecule has 8 heteroatoms. The van der Waals surface area contributed by atoms with E-state index >= 15 is 0 Å². The number of benzene rings is 2. The van der Waals surface area contributed by atoms with Crippen molar-refractivity contribution in [3.05, 3.63) is 64.7 Å². The second-order valence-corrected chi connectivity index (χ2v) is 7.95. The zero-order valence-electron chi connectivity index (χ0n) is 16.8. The number of hydrogen-bond acceptors (Lipinski definition) is 4. The van der Waals surface area contributed by atoms with E-state index in [1.54, 1.807) is 54.3 Å². The van der Waals surface area contributed by atoms with Crippen LogP contribution in [0.4, 0.5) is 4.79 Å². The van der Waals surface area contributed by atoms with Gasteiger partial charge in [0.25, 0.3) is 5.91 Å². The van der Waals surface area contributed by atoms with Crippen LogP contribution in [0, 0.1) is 0 Å². The normalized spacial score (nSPS) is 16.4. The van der Waals surface area contributed by atoms with Crippen molar-refractivity contribution in [2.45, 2.75) is 13.0 Å². The Balaban J connectivity index is 1.66. The van der Waals surface area contributed by atoms with Gasteiger partial charge in [0.15, 0.2) is 0 Å². The molecule has 4 rings (SSSR count). The first-order valence-corrected chi connectivity index (χ1v) is 10.2. The Hall–Kier alpha value is -3.45. The van der Waals surface area contributed by atoms with E-state index in [0.717, 1.165) is 17.2 Å². The number of fused-ring (bicyclic) bond motifs is 1. The van der Waals surface area contributed by atoms with Gasteiger partial charge in [-0.25, -0.2) is 9.78 Å². The van der Waals surface area contributed by atoms with E-state index < -0.39 is 6.09 Å². The highest BCUT2D eigenvalue weighted by molar-refractivity contribution is 6.35. The van der Waals surface area contributed by atoms with Crippen LogP contribution in [0.1, 0.15) is 27.6 Å². The van der Waals surface area contributed by atoms with E-state index in [2.05, 4.69) is 4.98 Å². The molecule has 1 aliphatic heterocycles. The average Bonchev–Trinajstić information content (AvgIpc) is 2.77. The van der Waals surface area contributed by atoms with Crippen molar-refractivity contribution in [2.75, 3.05) is 19.6 Å². The number of carbonyl (C=O) groups is 3. The molecule has 2 heterocycles. The summed E-state index contributed by atoms with van der Waals surface area (Å²) < 4.78 is 0. The minimum atomic E-state index is -0.977. The lowest BCUT2D eigenvalue weighted by Crippen LogP contribution is -2.55. The SMILES string of the molecule is C[C@@H]1CN(C(=O)c2ccc3c(Cl)cc(-c4cccc(C=O)c4)nc3c2)CCN1C(=O)O. The molecule has 1 saturated heterocycles. The summed E-state index contributed by atoms with van der Waals surface area (Å²) in [5.41, 5.74) is 2.93. The number of halogens is 1. The van der Waals surface area contributed by atoms with E-state index in [1.165, 1.54) is 4.90 Å². The van der Waals surface area contributed by atoms with Crippen molar-refractivity contribution >= 4 is 40.8 Å². The van der Waals surface area contributed by atoms with Crippen LogP contribution in [0.3, 0.4) is 0 Å². The summed E-state index contributed by atoms with van der Waals surface area (Å²) in [6, 6.07) is 13.7. The van der Waals surface area contributed by atoms with Crippen molar-refractivity contribution in [3.8, 4) is 11.3 Å². The number of pyridine rings is 1. The molecule has 7 nitrogen and oxygen atoms in total. The van der Waals surface area contributed by atoms with E-state index in [4.69, 9.17) is 11.6 Å². The fraction of sp³-hybridized carbons (Fsp3) is 0.217. The second-order valence-electron chi connectivity index (χ2n) is 7.54. The number of nitrogens with zero attached hydrogens (tertiary/aromatic N) is 3. The van der Waals surface area contributed by atoms with Gasteiger partial charge in [-0.2, -0.15) is 0 Å². The second kappa shape index (κ2) is 8.35. The van der Waals surface area contributed by atoms with Crippen LogP contribution in [0.15, 0.2) is 48.5 Å². The number of amides is 2. The number of rotatable bonds is 3. The van der Waals surface area contributed by atoms with E-state index in [0.29, 0.717) is 40.4 Å². The van der Waals surface area contributed by atoms with Crippen LogP contribution >= 0.6 is 11.6 Å². The first-order valence-electron chi connectivity index (χ1n) is 9.82. The number of piperazine rings is 1. The number of aldehydes is 1. The molecule has 0 spiro atoms. The van der Waals surface area contributed by atoms with Gasteiger partial charge < -0.3 is 14.9 Å². The molecule has 31 heavy (non-hydrogen) atoms. The molecule has 2 amide bonds. The largest absolute Gasteiger partial charge is 0.465 e. The Morgan fingerprint density at radius 3 is 2.68 bits per heavy atom. The summed E-state index contributed by atoms with van der Waals surface area (Å²) in [6.45, 7) is 2.72. The van der Waals surface area contributed by atoms with Crippen LogP contribution in [-0.4, -0.2) is 63.9 Å². The fourth-order valence-corrected chi connectivity index (χ4v) is 4.11. The summed E-state index contributed by atoms with van der Waals surface area (Å²) in [6.07, 6.45) is -0.205. The molecule has 0 radical (unpaired) electrons. The van der Waals surface area contributed by atoms with Gasteiger partial charge in [-0.05, 0) is 31.2 Å². The van der Waals surface area contributed by atoms with Gasteiger partial charge >= 0.3 is 6.09 Å². The Morgan fingerprint density at radius 1 is 1.16 bits per heavy atom. The zero-order valence-corrected chi connectivity index (χ0v) is 17.5. The zero-order chi connectivity index (χ0) is 22.1. The predicted octanol–water partition coefficient (Wildman–Crippen LogP) is 4.19. The summed E-state index contributed by atoms with van der Waals surface area (Å²) in [7, 11) is 0. The minimum Gasteiger partial charge on any atom is -0.465 e. The van der Waals surface area contributed by atoms with Gasteiger partial charge in [-0.1, -0.05) is 35.9 Å². The smallest absolute Gasteiger partial charge is 0.407 e. The molecule has 1 fully saturated rings. The van der Waals surface area contributed by atoms with Crippen LogP contribution < -0.4 is 0 Å². The molecule has 0 saturated carbocycles. The number of carboxylic acid groups (broad SMARTS) is 1. The van der Waals surface area contributed by atoms with Crippen molar-refractivity contribution in [2.24, 2.45) is 0 Å². The van der Waals surface area contributed by atoms with Crippen LogP contribution in [0.25, 0.3) is 22.2 Å². The molecule has 2 aromatic carbocycles. The number of hydrogen-bond donors (Lipinski definition) is 1. The van der Waals surface area contributed by atoms with Crippen LogP contribution in [0.5, 0.6) is 0 Å². The third-order valence-corrected chi connectivity index (χ3v) is 5.80. The lowest BCUT2D eigenvalue weighted by molar-refractivity contribution is 0.0507. The molecule has 1 N–H and O–H groups in total. The maximum atomic E-state index is 13.0. The summed E-state index contributed by atoms with van der Waals surface area (Å²) in [5.74, 6) is -0.176. The summed E-state index contributed by atoms with van der Waals surface area (Å²) >= 11 is 6.47.